The number of carbonyl (C=O) groups is 2. The molecule has 2 amide bonds. The van der Waals surface area contributed by atoms with Crippen molar-refractivity contribution in [2.24, 2.45) is 4.99 Å². The van der Waals surface area contributed by atoms with Crippen LogP contribution in [0.4, 0.5) is 15.8 Å². The number of ether oxygens (including phenoxy) is 3. The minimum absolute atomic E-state index is 0.0218. The Labute approximate surface area is 231 Å². The number of methoxy groups -OCH3 is 2. The number of anilines is 1. The Morgan fingerprint density at radius 1 is 1.03 bits per heavy atom. The van der Waals surface area contributed by atoms with E-state index in [1.165, 1.54) is 23.9 Å². The third-order valence-electron chi connectivity index (χ3n) is 5.96. The lowest BCUT2D eigenvalue weighted by Gasteiger charge is -2.17. The number of aliphatic imine (C=N–C) groups is 1. The number of halogens is 1. The van der Waals surface area contributed by atoms with Crippen molar-refractivity contribution in [3.8, 4) is 17.2 Å². The van der Waals surface area contributed by atoms with E-state index in [9.17, 15) is 14.0 Å². The second-order valence-corrected chi connectivity index (χ2v) is 9.79. The van der Waals surface area contributed by atoms with Gasteiger partial charge in [0.1, 0.15) is 16.8 Å². The van der Waals surface area contributed by atoms with Crippen LogP contribution in [0.5, 0.6) is 17.2 Å². The molecule has 1 atom stereocenters. The first-order chi connectivity index (χ1) is 18.9. The van der Waals surface area contributed by atoms with Crippen molar-refractivity contribution in [2.45, 2.75) is 25.0 Å². The lowest BCUT2D eigenvalue weighted by Crippen LogP contribution is -2.35. The Hall–Kier alpha value is -4.05. The van der Waals surface area contributed by atoms with Gasteiger partial charge in [-0.1, -0.05) is 17.8 Å². The van der Waals surface area contributed by atoms with Crippen molar-refractivity contribution in [1.29, 1.82) is 0 Å². The fourth-order valence-electron chi connectivity index (χ4n) is 4.02. The first kappa shape index (κ1) is 28.0. The second-order valence-electron chi connectivity index (χ2n) is 8.62. The topological polar surface area (TPSA) is 89.5 Å². The quantitative estimate of drug-likeness (QED) is 0.341. The van der Waals surface area contributed by atoms with Crippen LogP contribution in [0.15, 0.2) is 71.7 Å². The number of amides is 2. The Balaban J connectivity index is 1.48. The molecule has 1 heterocycles. The van der Waals surface area contributed by atoms with Crippen LogP contribution in [-0.2, 0) is 16.0 Å². The summed E-state index contributed by atoms with van der Waals surface area (Å²) in [4.78, 5) is 32.4. The van der Waals surface area contributed by atoms with Crippen molar-refractivity contribution in [3.05, 3.63) is 78.1 Å². The van der Waals surface area contributed by atoms with Gasteiger partial charge in [-0.3, -0.25) is 14.5 Å². The van der Waals surface area contributed by atoms with Gasteiger partial charge in [-0.2, -0.15) is 0 Å². The predicted octanol–water partition coefficient (Wildman–Crippen LogP) is 5.44. The molecule has 39 heavy (non-hydrogen) atoms. The average molecular weight is 552 g/mol. The van der Waals surface area contributed by atoms with Crippen molar-refractivity contribution in [1.82, 2.24) is 4.90 Å². The Kier molecular flexibility index (Phi) is 9.43. The number of hydrogen-bond acceptors (Lipinski definition) is 7. The number of thioether (sulfide) groups is 1. The molecule has 4 rings (SSSR count). The van der Waals surface area contributed by atoms with E-state index in [1.807, 2.05) is 25.1 Å². The molecule has 0 spiro atoms. The highest BCUT2D eigenvalue weighted by atomic mass is 32.2. The summed E-state index contributed by atoms with van der Waals surface area (Å²) in [6.07, 6.45) is 0.506. The summed E-state index contributed by atoms with van der Waals surface area (Å²) in [7, 11) is 3.14. The Morgan fingerprint density at radius 2 is 1.74 bits per heavy atom. The van der Waals surface area contributed by atoms with Crippen LogP contribution in [0.1, 0.15) is 18.9 Å². The number of carbonyl (C=O) groups excluding carboxylic acids is 2. The van der Waals surface area contributed by atoms with Crippen LogP contribution in [0.2, 0.25) is 0 Å². The highest BCUT2D eigenvalue weighted by Gasteiger charge is 2.39. The third-order valence-corrected chi connectivity index (χ3v) is 7.14. The maximum absolute atomic E-state index is 13.4. The van der Waals surface area contributed by atoms with Crippen molar-refractivity contribution >= 4 is 40.1 Å². The van der Waals surface area contributed by atoms with Crippen LogP contribution < -0.4 is 19.5 Å². The lowest BCUT2D eigenvalue weighted by atomic mass is 10.1. The minimum atomic E-state index is -0.641. The van der Waals surface area contributed by atoms with Crippen LogP contribution in [0, 0.1) is 5.82 Å². The van der Waals surface area contributed by atoms with Crippen molar-refractivity contribution < 1.29 is 28.2 Å². The summed E-state index contributed by atoms with van der Waals surface area (Å²) in [5, 5.41) is 2.66. The normalized spacial score (nSPS) is 15.9. The van der Waals surface area contributed by atoms with Crippen molar-refractivity contribution in [3.63, 3.8) is 0 Å². The molecule has 1 N–H and O–H groups in total. The monoisotopic (exact) mass is 551 g/mol. The Bertz CT molecular complexity index is 1330. The van der Waals surface area contributed by atoms with Gasteiger partial charge in [0.05, 0.1) is 26.5 Å². The molecule has 1 fully saturated rings. The molecule has 3 aromatic rings. The number of nitrogens with one attached hydrogen (secondary N) is 1. The molecule has 8 nitrogen and oxygen atoms in total. The summed E-state index contributed by atoms with van der Waals surface area (Å²) < 4.78 is 29.5. The van der Waals surface area contributed by atoms with Crippen molar-refractivity contribution in [2.75, 3.05) is 32.7 Å². The van der Waals surface area contributed by atoms with Gasteiger partial charge in [0.2, 0.25) is 11.8 Å². The van der Waals surface area contributed by atoms with E-state index >= 15 is 0 Å². The van der Waals surface area contributed by atoms with Gasteiger partial charge >= 0.3 is 0 Å². The van der Waals surface area contributed by atoms with Gasteiger partial charge < -0.3 is 19.5 Å². The minimum Gasteiger partial charge on any atom is -0.494 e. The molecule has 10 heteroatoms. The number of amidine groups is 1. The maximum Gasteiger partial charge on any atom is 0.242 e. The number of rotatable bonds is 11. The molecule has 0 saturated carbocycles. The Morgan fingerprint density at radius 3 is 2.41 bits per heavy atom. The zero-order valence-corrected chi connectivity index (χ0v) is 22.8. The summed E-state index contributed by atoms with van der Waals surface area (Å²) in [6, 6.07) is 18.4. The zero-order valence-electron chi connectivity index (χ0n) is 22.0. The fraction of sp³-hybridized carbons (Fsp3) is 0.276. The van der Waals surface area contributed by atoms with Crippen LogP contribution in [0.25, 0.3) is 0 Å². The summed E-state index contributed by atoms with van der Waals surface area (Å²) >= 11 is 1.23. The molecule has 0 radical (unpaired) electrons. The summed E-state index contributed by atoms with van der Waals surface area (Å²) in [6.45, 7) is 2.80. The van der Waals surface area contributed by atoms with E-state index in [0.29, 0.717) is 53.4 Å². The molecule has 1 aliphatic heterocycles. The van der Waals surface area contributed by atoms with E-state index in [-0.39, 0.29) is 24.1 Å². The van der Waals surface area contributed by atoms with Gasteiger partial charge in [0.25, 0.3) is 0 Å². The van der Waals surface area contributed by atoms with Gasteiger partial charge in [0, 0.05) is 18.7 Å². The molecular formula is C29H30FN3O5S. The van der Waals surface area contributed by atoms with Crippen LogP contribution in [-0.4, -0.2) is 54.5 Å². The molecule has 0 aromatic heterocycles. The van der Waals surface area contributed by atoms with Gasteiger partial charge in [-0.05, 0) is 79.6 Å². The highest BCUT2D eigenvalue weighted by Crippen LogP contribution is 2.33. The summed E-state index contributed by atoms with van der Waals surface area (Å²) in [5.74, 6) is 1.07. The van der Waals surface area contributed by atoms with Crippen LogP contribution in [0.3, 0.4) is 0 Å². The fourth-order valence-corrected chi connectivity index (χ4v) is 5.20. The molecule has 0 aliphatic carbocycles. The van der Waals surface area contributed by atoms with Crippen LogP contribution >= 0.6 is 11.8 Å². The predicted molar refractivity (Wildman–Crippen MR) is 151 cm³/mol. The molecule has 3 aromatic carbocycles. The first-order valence-electron chi connectivity index (χ1n) is 12.5. The molecule has 1 aliphatic rings. The molecule has 1 saturated heterocycles. The lowest BCUT2D eigenvalue weighted by molar-refractivity contribution is -0.128. The molecule has 1 unspecified atom stereocenters. The number of benzene rings is 3. The third kappa shape index (κ3) is 7.29. The number of hydrogen-bond donors (Lipinski definition) is 1. The second kappa shape index (κ2) is 13.1. The standard InChI is InChI=1S/C29H30FN3O5S/c1-4-38-23-12-10-21(11-13-23)31-27(34)18-26-28(35)33(29(39-26)32-22-8-6-20(30)7-9-22)16-15-19-5-14-24(36-2)25(17-19)37-3/h5-14,17,26H,4,15-16,18H2,1-3H3,(H,31,34). The average Bonchev–Trinajstić information content (AvgIpc) is 3.22. The van der Waals surface area contributed by atoms with E-state index < -0.39 is 5.25 Å². The van der Waals surface area contributed by atoms with E-state index in [2.05, 4.69) is 10.3 Å². The van der Waals surface area contributed by atoms with Gasteiger partial charge in [0.15, 0.2) is 16.7 Å². The van der Waals surface area contributed by atoms with E-state index in [4.69, 9.17) is 14.2 Å². The molecular weight excluding hydrogens is 521 g/mol. The summed E-state index contributed by atoms with van der Waals surface area (Å²) in [5.41, 5.74) is 2.08. The maximum atomic E-state index is 13.4. The zero-order chi connectivity index (χ0) is 27.8. The molecule has 0 bridgehead atoms. The number of nitrogens with zero attached hydrogens (tertiary/aromatic N) is 2. The highest BCUT2D eigenvalue weighted by molar-refractivity contribution is 8.15. The van der Waals surface area contributed by atoms with E-state index in [0.717, 1.165) is 5.56 Å². The first-order valence-corrected chi connectivity index (χ1v) is 13.3. The molecule has 204 valence electrons. The smallest absolute Gasteiger partial charge is 0.242 e. The largest absolute Gasteiger partial charge is 0.494 e. The van der Waals surface area contributed by atoms with E-state index in [1.54, 1.807) is 55.5 Å². The SMILES string of the molecule is CCOc1ccc(NC(=O)CC2SC(=Nc3ccc(F)cc3)N(CCc3ccc(OC)c(OC)c3)C2=O)cc1. The van der Waals surface area contributed by atoms with Gasteiger partial charge in [-0.25, -0.2) is 9.38 Å². The van der Waals surface area contributed by atoms with Gasteiger partial charge in [-0.15, -0.1) is 0 Å².